The van der Waals surface area contributed by atoms with Crippen LogP contribution in [-0.4, -0.2) is 199 Å². The Morgan fingerprint density at radius 3 is 1.34 bits per heavy atom. The summed E-state index contributed by atoms with van der Waals surface area (Å²) in [7, 11) is 3.25. The summed E-state index contributed by atoms with van der Waals surface area (Å²) in [6.45, 7) is 14.4. The van der Waals surface area contributed by atoms with Gasteiger partial charge in [-0.15, -0.1) is 11.0 Å². The van der Waals surface area contributed by atoms with E-state index in [1.807, 2.05) is 26.0 Å². The number of allylic oxidation sites excluding steroid dienone is 4. The van der Waals surface area contributed by atoms with Gasteiger partial charge in [0.1, 0.15) is 13.2 Å². The van der Waals surface area contributed by atoms with Gasteiger partial charge in [0.25, 0.3) is 5.97 Å². The van der Waals surface area contributed by atoms with Crippen molar-refractivity contribution in [2.75, 3.05) is 107 Å². The zero-order chi connectivity index (χ0) is 64.8. The fourth-order valence-corrected chi connectivity index (χ4v) is 9.01. The second-order valence-electron chi connectivity index (χ2n) is 20.0. The second kappa shape index (κ2) is 51.1. The zero-order valence-corrected chi connectivity index (χ0v) is 58.5. The number of aliphatic hydroxyl groups is 1. The summed E-state index contributed by atoms with van der Waals surface area (Å²) in [5.41, 5.74) is 26.2. The van der Waals surface area contributed by atoms with Crippen LogP contribution in [0.25, 0.3) is 55.8 Å². The van der Waals surface area contributed by atoms with E-state index >= 15 is 0 Å². The molecule has 0 radical (unpaired) electrons. The molecular weight excluding hydrogens is 1530 g/mol. The molecule has 1 amide bonds. The minimum atomic E-state index is -1.82. The molecule has 518 valence electrons. The number of carbonyl (C=O) groups is 5. The molecule has 2 atom stereocenters. The Bertz CT molecular complexity index is 2960. The molecule has 0 saturated heterocycles. The fraction of sp³-hybridized carbons (Fsp3) is 0.556. The van der Waals surface area contributed by atoms with Crippen molar-refractivity contribution in [3.63, 3.8) is 0 Å². The Hall–Kier alpha value is -5.30. The number of aromatic nitrogens is 5. The average Bonchev–Trinajstić information content (AvgIpc) is 1.62. The second-order valence-corrected chi connectivity index (χ2v) is 20.0. The molecule has 2 unspecified atom stereocenters. The van der Waals surface area contributed by atoms with E-state index in [0.29, 0.717) is 132 Å². The Balaban J connectivity index is 0. The van der Waals surface area contributed by atoms with E-state index in [2.05, 4.69) is 19.2 Å². The minimum Gasteiger partial charge on any atom is -0.676 e. The standard InChI is InChI=1S/C52H72N6O12.C6H12N2.C2H2O4.C2H4O2.CH3.Gd.H2O.Pt/c1-7-37-38(8-2)42-30-44-40(12-10-16-59)36(4)48(58-44)34-55-46-32-50(70-28-26-68-24-22-66-20-18-64-6)49(69-27-25-67-23-21-65-19-17-63-5)31-45(46)54-33-47-35(3)39(43(57-47)29-41(37)56-42)11-9-15-53-51(60)13-14-52(61)62;7-5-3-1-2-4-6(5)8;3-1(4)2(5)6;1-2(3)4;;;;/h29-34,59H,7-28H2,1-6H3,(H3,53,54,55,56,57,58,60,61,62);5-8H,1-4H2;(H,3,4)(H,5,6);1H3,(H,3,4);1H3;;1H2;/q;-2;;;-1;+2;;+2/p-1. The van der Waals surface area contributed by atoms with E-state index in [4.69, 9.17) is 109 Å². The number of methoxy groups -OCH3 is 2. The molecule has 92 heavy (non-hydrogen) atoms. The molecular formula is C63H94GdN8O19Pt. The third-order valence-corrected chi connectivity index (χ3v) is 13.5. The summed E-state index contributed by atoms with van der Waals surface area (Å²) in [6.07, 6.45) is 11.3. The number of aliphatic carboxylic acids is 4. The van der Waals surface area contributed by atoms with Gasteiger partial charge in [-0.05, 0) is 74.7 Å². The van der Waals surface area contributed by atoms with E-state index in [1.165, 1.54) is 12.8 Å². The normalized spacial score (nSPS) is 13.7. The van der Waals surface area contributed by atoms with Crippen LogP contribution in [0.5, 0.6) is 11.5 Å². The van der Waals surface area contributed by atoms with Gasteiger partial charge < -0.3 is 98.1 Å². The van der Waals surface area contributed by atoms with Crippen LogP contribution in [0.4, 0.5) is 0 Å². The summed E-state index contributed by atoms with van der Waals surface area (Å²) in [5.74, 6) is -4.95. The number of aryl methyl sites for hydroxylation is 2. The number of benzene rings is 1. The first kappa shape index (κ1) is 88.8. The minimum absolute atomic E-state index is 0. The first-order valence-corrected chi connectivity index (χ1v) is 29.5. The van der Waals surface area contributed by atoms with Crippen LogP contribution in [-0.2, 0) is 86.3 Å². The number of hydrogen-bond donors (Lipinski definition) is 6. The van der Waals surface area contributed by atoms with E-state index in [-0.39, 0.29) is 125 Å². The molecule has 2 aromatic heterocycles. The van der Waals surface area contributed by atoms with E-state index in [9.17, 15) is 14.7 Å². The first-order valence-electron chi connectivity index (χ1n) is 29.5. The van der Waals surface area contributed by atoms with Crippen LogP contribution in [0.15, 0.2) is 36.7 Å². The summed E-state index contributed by atoms with van der Waals surface area (Å²) in [6, 6.07) is 7.51. The number of amides is 1. The van der Waals surface area contributed by atoms with Crippen molar-refractivity contribution in [2.24, 2.45) is 0 Å². The Morgan fingerprint density at radius 2 is 0.989 bits per heavy atom. The smallest absolute Gasteiger partial charge is 0.676 e. The van der Waals surface area contributed by atoms with Crippen LogP contribution in [0.3, 0.4) is 0 Å². The van der Waals surface area contributed by atoms with Crippen LogP contribution >= 0.6 is 0 Å². The van der Waals surface area contributed by atoms with Gasteiger partial charge in [0, 0.05) is 52.8 Å². The predicted octanol–water partition coefficient (Wildman–Crippen LogP) is 7.88. The number of nitrogens with one attached hydrogen (secondary N) is 3. The molecule has 0 spiro atoms. The number of carbonyl (C=O) groups excluding carboxylic acids is 1. The van der Waals surface area contributed by atoms with Gasteiger partial charge >= 0.3 is 78.9 Å². The maximum Gasteiger partial charge on any atom is 2.00 e. The Kier molecular flexibility index (Phi) is 49.3. The van der Waals surface area contributed by atoms with Crippen molar-refractivity contribution < 1.29 is 154 Å². The zero-order valence-electron chi connectivity index (χ0n) is 54.0. The van der Waals surface area contributed by atoms with Gasteiger partial charge in [-0.2, -0.15) is 12.1 Å². The largest absolute Gasteiger partial charge is 2.00 e. The third-order valence-electron chi connectivity index (χ3n) is 13.5. The van der Waals surface area contributed by atoms with Crippen molar-refractivity contribution >= 4 is 74.1 Å². The van der Waals surface area contributed by atoms with E-state index in [1.54, 1.807) is 38.7 Å². The molecule has 6 bridgehead atoms. The number of nitrogens with zero attached hydrogens (tertiary/aromatic N) is 5. The Morgan fingerprint density at radius 1 is 0.609 bits per heavy atom. The summed E-state index contributed by atoms with van der Waals surface area (Å²) >= 11 is 0. The van der Waals surface area contributed by atoms with Crippen LogP contribution in [0.1, 0.15) is 133 Å². The van der Waals surface area contributed by atoms with Gasteiger partial charge in [-0.1, -0.05) is 62.8 Å². The molecule has 3 aliphatic rings. The fourth-order valence-electron chi connectivity index (χ4n) is 9.01. The summed E-state index contributed by atoms with van der Waals surface area (Å²) < 4.78 is 45.3. The first-order chi connectivity index (χ1) is 42.3. The molecule has 1 fully saturated rings. The quantitative estimate of drug-likeness (QED) is 0.0196. The number of aliphatic hydroxyl groups excluding tert-OH is 1. The van der Waals surface area contributed by atoms with Crippen LogP contribution in [0.2, 0.25) is 0 Å². The van der Waals surface area contributed by atoms with Crippen LogP contribution < -0.4 is 19.8 Å². The summed E-state index contributed by atoms with van der Waals surface area (Å²) in [4.78, 5) is 76.2. The van der Waals surface area contributed by atoms with Gasteiger partial charge in [0.15, 0.2) is 11.5 Å². The number of hydrogen-bond acceptors (Lipinski definition) is 18. The number of carboxylic acids is 4. The number of ether oxygens (including phenoxy) is 8. The average molecular weight is 1620 g/mol. The van der Waals surface area contributed by atoms with Crippen molar-refractivity contribution in [1.29, 1.82) is 0 Å². The predicted molar refractivity (Wildman–Crippen MR) is 341 cm³/mol. The van der Waals surface area contributed by atoms with Gasteiger partial charge in [0.2, 0.25) is 5.91 Å². The maximum atomic E-state index is 12.4. The number of carboxylic acid groups (broad SMARTS) is 4. The topological polar surface area (TPSA) is 417 Å². The molecule has 4 heterocycles. The number of fused-ring (bicyclic) bond motifs is 7. The van der Waals surface area contributed by atoms with E-state index < -0.39 is 23.9 Å². The molecule has 1 saturated carbocycles. The van der Waals surface area contributed by atoms with Crippen LogP contribution in [0, 0.1) is 47.4 Å². The molecule has 3 aromatic rings. The summed E-state index contributed by atoms with van der Waals surface area (Å²) in [5, 5.41) is 44.0. The van der Waals surface area contributed by atoms with Gasteiger partial charge in [0.05, 0.1) is 119 Å². The molecule has 10 N–H and O–H groups in total. The van der Waals surface area contributed by atoms with Gasteiger partial charge in [-0.3, -0.25) is 24.4 Å². The number of rotatable bonds is 32. The Labute approximate surface area is 585 Å². The molecule has 27 nitrogen and oxygen atoms in total. The SMILES string of the molecule is CC(=O)O.CCc1c(CC)c2cc3nc(cnc4cc(OCCOCCOCCOC)c(OCCOCCOCCOC)cc4ncc4nc(cc1[n-]2)C(CCCO)=C4C)C(C)=C3CCCNC(=O)CCC(=O)O.O.O=C(O)C(=O)O.[CH3-].[Gd+2].[NH-]C1CCCCC1[NH-].[Pt+2]. The molecule has 29 heteroatoms. The third kappa shape index (κ3) is 33.2. The molecule has 2 aliphatic heterocycles. The molecule has 1 aromatic carbocycles. The van der Waals surface area contributed by atoms with E-state index in [0.717, 1.165) is 88.4 Å². The molecule has 1 aliphatic carbocycles. The molecule has 6 rings (SSSR count). The van der Waals surface area contributed by atoms with Crippen molar-refractivity contribution in [3.05, 3.63) is 89.5 Å². The monoisotopic (exact) mass is 1620 g/mol. The van der Waals surface area contributed by atoms with Gasteiger partial charge in [-0.25, -0.2) is 19.6 Å². The van der Waals surface area contributed by atoms with Crippen molar-refractivity contribution in [1.82, 2.24) is 30.2 Å². The maximum absolute atomic E-state index is 12.4. The van der Waals surface area contributed by atoms with Crippen molar-refractivity contribution in [2.45, 2.75) is 124 Å². The van der Waals surface area contributed by atoms with Crippen molar-refractivity contribution in [3.8, 4) is 11.5 Å².